The van der Waals surface area contributed by atoms with Gasteiger partial charge in [-0.1, -0.05) is 12.1 Å². The maximum Gasteiger partial charge on any atom is 0.269 e. The highest BCUT2D eigenvalue weighted by molar-refractivity contribution is 7.90. The fourth-order valence-electron chi connectivity index (χ4n) is 2.38. The zero-order valence-corrected chi connectivity index (χ0v) is 14.3. The fourth-order valence-corrected chi connectivity index (χ4v) is 3.93. The molecule has 0 N–H and O–H groups in total. The van der Waals surface area contributed by atoms with Crippen LogP contribution in [0.1, 0.15) is 0 Å². The van der Waals surface area contributed by atoms with E-state index in [1.165, 1.54) is 29.7 Å². The minimum absolute atomic E-state index is 0.0503. The molecule has 5 nitrogen and oxygen atoms in total. The maximum atomic E-state index is 11.6. The highest BCUT2D eigenvalue weighted by Gasteiger charge is 2.12. The summed E-state index contributed by atoms with van der Waals surface area (Å²) in [6, 6.07) is 15.1. The molecule has 0 fully saturated rings. The van der Waals surface area contributed by atoms with Crippen molar-refractivity contribution in [1.29, 1.82) is 0 Å². The summed E-state index contributed by atoms with van der Waals surface area (Å²) >= 11 is 1.53. The summed E-state index contributed by atoms with van der Waals surface area (Å²) in [7, 11) is -3.22. The van der Waals surface area contributed by atoms with E-state index in [-0.39, 0.29) is 10.6 Å². The van der Waals surface area contributed by atoms with Gasteiger partial charge in [0.25, 0.3) is 5.69 Å². The molecule has 1 aromatic heterocycles. The number of nitrogens with zero attached hydrogens (tertiary/aromatic N) is 1. The summed E-state index contributed by atoms with van der Waals surface area (Å²) < 4.78 is 23.1. The van der Waals surface area contributed by atoms with Gasteiger partial charge < -0.3 is 0 Å². The van der Waals surface area contributed by atoms with Gasteiger partial charge in [-0.3, -0.25) is 10.1 Å². The summed E-state index contributed by atoms with van der Waals surface area (Å²) in [5.74, 6) is 0. The highest BCUT2D eigenvalue weighted by atomic mass is 32.2. The molecule has 0 bridgehead atoms. The third kappa shape index (κ3) is 3.22. The van der Waals surface area contributed by atoms with Gasteiger partial charge in [0.05, 0.1) is 9.82 Å². The summed E-state index contributed by atoms with van der Waals surface area (Å²) in [6.45, 7) is 0. The first kappa shape index (κ1) is 16.4. The number of non-ortho nitro benzene ring substituents is 1. The normalized spacial score (nSPS) is 11.4. The SMILES string of the molecule is CS(=O)(=O)c1ccc(-c2ccsc2-c2ccc([N+](=O)[O-])cc2)cc1. The molecule has 1 heterocycles. The predicted molar refractivity (Wildman–Crippen MR) is 95.0 cm³/mol. The van der Waals surface area contributed by atoms with Gasteiger partial charge in [0.2, 0.25) is 0 Å². The second-order valence-corrected chi connectivity index (χ2v) is 8.20. The van der Waals surface area contributed by atoms with Crippen LogP contribution in [0.3, 0.4) is 0 Å². The highest BCUT2D eigenvalue weighted by Crippen LogP contribution is 2.37. The summed E-state index contributed by atoms with van der Waals surface area (Å²) in [5.41, 5.74) is 2.80. The van der Waals surface area contributed by atoms with E-state index in [0.29, 0.717) is 0 Å². The molecule has 2 aromatic carbocycles. The molecule has 3 rings (SSSR count). The van der Waals surface area contributed by atoms with E-state index in [1.54, 1.807) is 36.4 Å². The van der Waals surface area contributed by atoms with Crippen LogP contribution in [0.5, 0.6) is 0 Å². The van der Waals surface area contributed by atoms with Crippen molar-refractivity contribution in [3.8, 4) is 21.6 Å². The van der Waals surface area contributed by atoms with E-state index < -0.39 is 14.8 Å². The van der Waals surface area contributed by atoms with Crippen molar-refractivity contribution >= 4 is 26.9 Å². The molecule has 0 aliphatic rings. The number of benzene rings is 2. The number of sulfone groups is 1. The van der Waals surface area contributed by atoms with Gasteiger partial charge >= 0.3 is 0 Å². The predicted octanol–water partition coefficient (Wildman–Crippen LogP) is 4.39. The molecular weight excluding hydrogens is 346 g/mol. The molecule has 0 saturated carbocycles. The Morgan fingerprint density at radius 2 is 1.50 bits per heavy atom. The Morgan fingerprint density at radius 3 is 2.04 bits per heavy atom. The Bertz CT molecular complexity index is 988. The fraction of sp³-hybridized carbons (Fsp3) is 0.0588. The second-order valence-electron chi connectivity index (χ2n) is 5.26. The molecule has 0 radical (unpaired) electrons. The largest absolute Gasteiger partial charge is 0.269 e. The van der Waals surface area contributed by atoms with Crippen molar-refractivity contribution in [3.05, 3.63) is 70.1 Å². The molecule has 0 unspecified atom stereocenters. The second kappa shape index (κ2) is 6.18. The van der Waals surface area contributed by atoms with Crippen molar-refractivity contribution in [2.45, 2.75) is 4.90 Å². The van der Waals surface area contributed by atoms with Crippen LogP contribution in [0.25, 0.3) is 21.6 Å². The third-order valence-corrected chi connectivity index (χ3v) is 5.69. The topological polar surface area (TPSA) is 77.3 Å². The minimum Gasteiger partial charge on any atom is -0.258 e. The summed E-state index contributed by atoms with van der Waals surface area (Å²) in [6.07, 6.45) is 1.18. The number of nitro groups is 1. The van der Waals surface area contributed by atoms with Crippen molar-refractivity contribution in [1.82, 2.24) is 0 Å². The Labute approximate surface area is 143 Å². The van der Waals surface area contributed by atoms with Gasteiger partial charge in [0.1, 0.15) is 0 Å². The summed E-state index contributed by atoms with van der Waals surface area (Å²) in [4.78, 5) is 11.6. The first-order valence-corrected chi connectivity index (χ1v) is 9.76. The molecule has 3 aromatic rings. The van der Waals surface area contributed by atoms with Gasteiger partial charge in [0.15, 0.2) is 9.84 Å². The van der Waals surface area contributed by atoms with Gasteiger partial charge in [-0.2, -0.15) is 0 Å². The molecule has 7 heteroatoms. The minimum atomic E-state index is -3.22. The van der Waals surface area contributed by atoms with Crippen molar-refractivity contribution in [3.63, 3.8) is 0 Å². The van der Waals surface area contributed by atoms with Gasteiger partial charge in [0, 0.05) is 28.8 Å². The van der Waals surface area contributed by atoms with Crippen LogP contribution < -0.4 is 0 Å². The van der Waals surface area contributed by atoms with Crippen molar-refractivity contribution in [2.75, 3.05) is 6.26 Å². The maximum absolute atomic E-state index is 11.6. The number of thiophene rings is 1. The first-order valence-electron chi connectivity index (χ1n) is 6.99. The van der Waals surface area contributed by atoms with Crippen molar-refractivity contribution < 1.29 is 13.3 Å². The van der Waals surface area contributed by atoms with Gasteiger partial charge in [-0.25, -0.2) is 8.42 Å². The monoisotopic (exact) mass is 359 g/mol. The Kier molecular flexibility index (Phi) is 4.21. The summed E-state index contributed by atoms with van der Waals surface area (Å²) in [5, 5.41) is 12.7. The molecule has 122 valence electrons. The smallest absolute Gasteiger partial charge is 0.258 e. The lowest BCUT2D eigenvalue weighted by Gasteiger charge is -2.06. The van der Waals surface area contributed by atoms with Crippen LogP contribution in [0, 0.1) is 10.1 Å². The Morgan fingerprint density at radius 1 is 0.917 bits per heavy atom. The first-order chi connectivity index (χ1) is 11.4. The lowest BCUT2D eigenvalue weighted by atomic mass is 10.0. The van der Waals surface area contributed by atoms with E-state index in [0.717, 1.165) is 21.6 Å². The molecule has 0 amide bonds. The number of nitro benzene ring substituents is 1. The van der Waals surface area contributed by atoms with Crippen LogP contribution in [-0.2, 0) is 9.84 Å². The van der Waals surface area contributed by atoms with Crippen LogP contribution >= 0.6 is 11.3 Å². The quantitative estimate of drug-likeness (QED) is 0.511. The van der Waals surface area contributed by atoms with Crippen LogP contribution in [0.2, 0.25) is 0 Å². The van der Waals surface area contributed by atoms with E-state index in [9.17, 15) is 18.5 Å². The van der Waals surface area contributed by atoms with Gasteiger partial charge in [-0.05, 0) is 46.8 Å². The van der Waals surface area contributed by atoms with E-state index in [4.69, 9.17) is 0 Å². The van der Waals surface area contributed by atoms with E-state index >= 15 is 0 Å². The molecule has 0 aliphatic heterocycles. The zero-order valence-electron chi connectivity index (χ0n) is 12.7. The molecule has 0 aliphatic carbocycles. The molecule has 24 heavy (non-hydrogen) atoms. The van der Waals surface area contributed by atoms with Crippen molar-refractivity contribution in [2.24, 2.45) is 0 Å². The van der Waals surface area contributed by atoms with Gasteiger partial charge in [-0.15, -0.1) is 11.3 Å². The molecule has 0 atom stereocenters. The number of hydrogen-bond donors (Lipinski definition) is 0. The van der Waals surface area contributed by atoms with E-state index in [1.807, 2.05) is 11.4 Å². The molecule has 0 saturated heterocycles. The van der Waals surface area contributed by atoms with Crippen LogP contribution in [0.4, 0.5) is 5.69 Å². The third-order valence-electron chi connectivity index (χ3n) is 3.60. The lowest BCUT2D eigenvalue weighted by molar-refractivity contribution is -0.384. The number of rotatable bonds is 4. The molecular formula is C17H13NO4S2. The van der Waals surface area contributed by atoms with E-state index in [2.05, 4.69) is 0 Å². The van der Waals surface area contributed by atoms with Crippen LogP contribution in [0.15, 0.2) is 64.9 Å². The average Bonchev–Trinajstić information content (AvgIpc) is 3.04. The Balaban J connectivity index is 2.00. The average molecular weight is 359 g/mol. The Hall–Kier alpha value is -2.51. The lowest BCUT2D eigenvalue weighted by Crippen LogP contribution is -1.96. The standard InChI is InChI=1S/C17H13NO4S2/c1-24(21,22)15-8-4-12(5-9-15)16-10-11-23-17(16)13-2-6-14(7-3-13)18(19)20/h2-11H,1H3. The number of hydrogen-bond acceptors (Lipinski definition) is 5. The zero-order chi connectivity index (χ0) is 17.3. The molecule has 0 spiro atoms. The van der Waals surface area contributed by atoms with Crippen LogP contribution in [-0.4, -0.2) is 19.6 Å².